The minimum absolute atomic E-state index is 0.107. The standard InChI is InChI=1S/C14H17FIN3/c1-19(8-17)14(18)13(9-3-2-4-9)10-5-11(15)7-12(16)6-10/h5-9,13,17-18H,2-4H2,1H3. The van der Waals surface area contributed by atoms with Gasteiger partial charge in [0.15, 0.2) is 0 Å². The Morgan fingerprint density at radius 3 is 2.63 bits per heavy atom. The van der Waals surface area contributed by atoms with Crippen molar-refractivity contribution in [2.75, 3.05) is 7.05 Å². The van der Waals surface area contributed by atoms with Gasteiger partial charge in [-0.3, -0.25) is 10.8 Å². The largest absolute Gasteiger partial charge is 0.324 e. The monoisotopic (exact) mass is 373 g/mol. The van der Waals surface area contributed by atoms with Crippen LogP contribution in [-0.2, 0) is 0 Å². The van der Waals surface area contributed by atoms with E-state index in [2.05, 4.69) is 22.6 Å². The third kappa shape index (κ3) is 3.13. The molecule has 1 fully saturated rings. The normalized spacial score (nSPS) is 16.6. The fraction of sp³-hybridized carbons (Fsp3) is 0.429. The zero-order valence-corrected chi connectivity index (χ0v) is 12.9. The van der Waals surface area contributed by atoms with Crippen LogP contribution in [-0.4, -0.2) is 24.1 Å². The number of nitrogens with zero attached hydrogens (tertiary/aromatic N) is 1. The molecule has 1 unspecified atom stereocenters. The third-order valence-corrected chi connectivity index (χ3v) is 4.36. The van der Waals surface area contributed by atoms with Gasteiger partial charge in [-0.05, 0) is 65.1 Å². The van der Waals surface area contributed by atoms with E-state index in [1.165, 1.54) is 23.5 Å². The van der Waals surface area contributed by atoms with Gasteiger partial charge in [-0.2, -0.15) is 0 Å². The minimum Gasteiger partial charge on any atom is -0.324 e. The van der Waals surface area contributed by atoms with Crippen molar-refractivity contribution in [2.45, 2.75) is 25.2 Å². The molecule has 1 aliphatic carbocycles. The predicted molar refractivity (Wildman–Crippen MR) is 83.5 cm³/mol. The average molecular weight is 373 g/mol. The Bertz CT molecular complexity index is 479. The molecular formula is C14H17FIN3. The molecule has 0 spiro atoms. The molecule has 0 radical (unpaired) electrons. The molecule has 0 aliphatic heterocycles. The Labute approximate surface area is 126 Å². The van der Waals surface area contributed by atoms with E-state index in [0.717, 1.165) is 28.3 Å². The lowest BCUT2D eigenvalue weighted by Gasteiger charge is -2.36. The highest BCUT2D eigenvalue weighted by Gasteiger charge is 2.33. The number of rotatable bonds is 4. The molecule has 102 valence electrons. The zero-order valence-electron chi connectivity index (χ0n) is 10.8. The van der Waals surface area contributed by atoms with Gasteiger partial charge in [0.25, 0.3) is 0 Å². The molecule has 3 nitrogen and oxygen atoms in total. The molecule has 1 aliphatic rings. The van der Waals surface area contributed by atoms with Crippen LogP contribution in [0.25, 0.3) is 0 Å². The van der Waals surface area contributed by atoms with Crippen molar-refractivity contribution in [1.82, 2.24) is 4.90 Å². The average Bonchev–Trinajstić information content (AvgIpc) is 2.30. The van der Waals surface area contributed by atoms with Crippen molar-refractivity contribution in [3.8, 4) is 0 Å². The van der Waals surface area contributed by atoms with Gasteiger partial charge in [0.05, 0.1) is 6.34 Å². The summed E-state index contributed by atoms with van der Waals surface area (Å²) in [6.07, 6.45) is 4.46. The molecule has 19 heavy (non-hydrogen) atoms. The number of likely N-dealkylation sites (N-methyl/N-ethyl adjacent to an activating group) is 1. The Balaban J connectivity index is 2.36. The van der Waals surface area contributed by atoms with Gasteiger partial charge in [0.2, 0.25) is 0 Å². The number of nitrogens with one attached hydrogen (secondary N) is 2. The summed E-state index contributed by atoms with van der Waals surface area (Å²) in [5, 5.41) is 15.5. The lowest BCUT2D eigenvalue weighted by molar-refractivity contribution is 0.291. The van der Waals surface area contributed by atoms with Crippen molar-refractivity contribution in [3.05, 3.63) is 33.1 Å². The van der Waals surface area contributed by atoms with Gasteiger partial charge in [-0.1, -0.05) is 6.42 Å². The van der Waals surface area contributed by atoms with Crippen LogP contribution in [0.5, 0.6) is 0 Å². The fourth-order valence-corrected chi connectivity index (χ4v) is 3.13. The fourth-order valence-electron chi connectivity index (χ4n) is 2.47. The summed E-state index contributed by atoms with van der Waals surface area (Å²) in [6.45, 7) is 0. The second-order valence-corrected chi connectivity index (χ2v) is 6.24. The van der Waals surface area contributed by atoms with Gasteiger partial charge in [0.1, 0.15) is 11.7 Å². The van der Waals surface area contributed by atoms with Gasteiger partial charge >= 0.3 is 0 Å². The first-order valence-electron chi connectivity index (χ1n) is 6.30. The van der Waals surface area contributed by atoms with Crippen LogP contribution < -0.4 is 0 Å². The lowest BCUT2D eigenvalue weighted by Crippen LogP contribution is -2.36. The first-order valence-corrected chi connectivity index (χ1v) is 7.38. The van der Waals surface area contributed by atoms with E-state index in [9.17, 15) is 4.39 Å². The maximum atomic E-state index is 13.6. The summed E-state index contributed by atoms with van der Waals surface area (Å²) in [4.78, 5) is 1.50. The van der Waals surface area contributed by atoms with Gasteiger partial charge in [-0.25, -0.2) is 4.39 Å². The molecule has 1 aromatic rings. The maximum Gasteiger partial charge on any atom is 0.124 e. The Morgan fingerprint density at radius 2 is 2.16 bits per heavy atom. The van der Waals surface area contributed by atoms with Crippen LogP contribution in [0.15, 0.2) is 18.2 Å². The van der Waals surface area contributed by atoms with Crippen LogP contribution in [0.2, 0.25) is 0 Å². The smallest absolute Gasteiger partial charge is 0.124 e. The molecule has 1 aromatic carbocycles. The summed E-state index contributed by atoms with van der Waals surface area (Å²) in [6, 6.07) is 4.96. The molecule has 0 amide bonds. The molecule has 0 heterocycles. The lowest BCUT2D eigenvalue weighted by atomic mass is 9.72. The van der Waals surface area contributed by atoms with Crippen LogP contribution in [0.1, 0.15) is 30.7 Å². The second kappa shape index (κ2) is 5.98. The molecule has 2 rings (SSSR count). The highest BCUT2D eigenvalue weighted by Crippen LogP contribution is 2.40. The summed E-state index contributed by atoms with van der Waals surface area (Å²) in [5.41, 5.74) is 0.854. The van der Waals surface area contributed by atoms with Crippen molar-refractivity contribution in [2.24, 2.45) is 5.92 Å². The molecular weight excluding hydrogens is 356 g/mol. The number of hydrogen-bond acceptors (Lipinski definition) is 2. The predicted octanol–water partition coefficient (Wildman–Crippen LogP) is 3.83. The summed E-state index contributed by atoms with van der Waals surface area (Å²) >= 11 is 2.10. The van der Waals surface area contributed by atoms with Crippen molar-refractivity contribution in [3.63, 3.8) is 0 Å². The topological polar surface area (TPSA) is 50.9 Å². The van der Waals surface area contributed by atoms with Crippen LogP contribution in [0, 0.1) is 26.1 Å². The Hall–Kier alpha value is -0.980. The molecule has 1 saturated carbocycles. The van der Waals surface area contributed by atoms with Crippen LogP contribution >= 0.6 is 22.6 Å². The van der Waals surface area contributed by atoms with Crippen molar-refractivity contribution >= 4 is 34.8 Å². The highest BCUT2D eigenvalue weighted by molar-refractivity contribution is 14.1. The van der Waals surface area contributed by atoms with E-state index in [1.54, 1.807) is 7.05 Å². The number of benzene rings is 1. The van der Waals surface area contributed by atoms with E-state index < -0.39 is 0 Å². The van der Waals surface area contributed by atoms with Gasteiger partial charge < -0.3 is 4.90 Å². The Kier molecular flexibility index (Phi) is 4.54. The first-order chi connectivity index (χ1) is 9.02. The molecule has 5 heteroatoms. The minimum atomic E-state index is -0.253. The van der Waals surface area contributed by atoms with Crippen molar-refractivity contribution < 1.29 is 4.39 Å². The molecule has 1 atom stereocenters. The maximum absolute atomic E-state index is 13.6. The van der Waals surface area contributed by atoms with Gasteiger partial charge in [0, 0.05) is 16.5 Å². The van der Waals surface area contributed by atoms with Crippen molar-refractivity contribution in [1.29, 1.82) is 10.8 Å². The molecule has 2 N–H and O–H groups in total. The summed E-state index contributed by atoms with van der Waals surface area (Å²) in [7, 11) is 1.70. The van der Waals surface area contributed by atoms with Crippen LogP contribution in [0.3, 0.4) is 0 Å². The molecule has 0 aromatic heterocycles. The quantitative estimate of drug-likeness (QED) is 0.471. The second-order valence-electron chi connectivity index (χ2n) is 5.00. The van der Waals surface area contributed by atoms with Gasteiger partial charge in [-0.15, -0.1) is 0 Å². The summed E-state index contributed by atoms with van der Waals surface area (Å²) in [5.74, 6) is 0.412. The van der Waals surface area contributed by atoms with E-state index >= 15 is 0 Å². The molecule has 0 bridgehead atoms. The SMILES string of the molecule is CN(C=N)C(=N)C(c1cc(F)cc(I)c1)C1CCC1. The van der Waals surface area contributed by atoms with E-state index in [-0.39, 0.29) is 11.7 Å². The summed E-state index contributed by atoms with van der Waals surface area (Å²) < 4.78 is 14.4. The highest BCUT2D eigenvalue weighted by atomic mass is 127. The van der Waals surface area contributed by atoms with E-state index in [4.69, 9.17) is 10.8 Å². The number of halogens is 2. The van der Waals surface area contributed by atoms with E-state index in [1.807, 2.05) is 6.07 Å². The first kappa shape index (κ1) is 14.4. The zero-order chi connectivity index (χ0) is 14.0. The Morgan fingerprint density at radius 1 is 1.47 bits per heavy atom. The third-order valence-electron chi connectivity index (χ3n) is 3.73. The number of amidine groups is 1. The van der Waals surface area contributed by atoms with Crippen LogP contribution in [0.4, 0.5) is 4.39 Å². The van der Waals surface area contributed by atoms with E-state index in [0.29, 0.717) is 11.8 Å². The number of hydrogen-bond donors (Lipinski definition) is 2. The molecule has 0 saturated heterocycles.